The maximum absolute atomic E-state index is 10.1. The van der Waals surface area contributed by atoms with Gasteiger partial charge in [0.05, 0.1) is 6.10 Å². The number of likely N-dealkylation sites (tertiary alicyclic amines) is 1. The second-order valence-electron chi connectivity index (χ2n) is 5.74. The Morgan fingerprint density at radius 2 is 2.05 bits per heavy atom. The highest BCUT2D eigenvalue weighted by Gasteiger charge is 2.20. The smallest absolute Gasteiger partial charge is 0.125 e. The predicted molar refractivity (Wildman–Crippen MR) is 79.1 cm³/mol. The first-order valence-electron chi connectivity index (χ1n) is 7.33. The SMILES string of the molecule is Cc1cccc(C)c1OCC(O)CN1CCCC(O)C1. The number of aliphatic hydroxyl groups is 2. The molecule has 112 valence electrons. The molecule has 1 heterocycles. The van der Waals surface area contributed by atoms with E-state index >= 15 is 0 Å². The Bertz CT molecular complexity index is 415. The van der Waals surface area contributed by atoms with Gasteiger partial charge in [-0.1, -0.05) is 18.2 Å². The lowest BCUT2D eigenvalue weighted by molar-refractivity contribution is 0.0241. The lowest BCUT2D eigenvalue weighted by atomic mass is 10.1. The summed E-state index contributed by atoms with van der Waals surface area (Å²) in [6.45, 7) is 6.46. The van der Waals surface area contributed by atoms with Crippen molar-refractivity contribution < 1.29 is 14.9 Å². The van der Waals surface area contributed by atoms with Gasteiger partial charge in [-0.05, 0) is 44.4 Å². The minimum absolute atomic E-state index is 0.254. The van der Waals surface area contributed by atoms with Gasteiger partial charge in [0.15, 0.2) is 0 Å². The van der Waals surface area contributed by atoms with Crippen molar-refractivity contribution in [1.82, 2.24) is 4.90 Å². The standard InChI is InChI=1S/C16H25NO3/c1-12-5-3-6-13(2)16(12)20-11-15(19)10-17-8-4-7-14(18)9-17/h3,5-6,14-15,18-19H,4,7-11H2,1-2H3. The fraction of sp³-hybridized carbons (Fsp3) is 0.625. The third kappa shape index (κ3) is 4.20. The van der Waals surface area contributed by atoms with E-state index in [9.17, 15) is 10.2 Å². The number of benzene rings is 1. The van der Waals surface area contributed by atoms with Gasteiger partial charge in [0, 0.05) is 13.1 Å². The van der Waals surface area contributed by atoms with E-state index in [4.69, 9.17) is 4.74 Å². The highest BCUT2D eigenvalue weighted by atomic mass is 16.5. The molecule has 0 aliphatic carbocycles. The van der Waals surface area contributed by atoms with Gasteiger partial charge in [-0.15, -0.1) is 0 Å². The van der Waals surface area contributed by atoms with E-state index < -0.39 is 6.10 Å². The first-order valence-corrected chi connectivity index (χ1v) is 7.33. The molecular formula is C16H25NO3. The van der Waals surface area contributed by atoms with E-state index in [0.717, 1.165) is 36.3 Å². The van der Waals surface area contributed by atoms with Crippen molar-refractivity contribution >= 4 is 0 Å². The normalized spacial score (nSPS) is 21.7. The van der Waals surface area contributed by atoms with Crippen LogP contribution in [0.4, 0.5) is 0 Å². The van der Waals surface area contributed by atoms with E-state index in [-0.39, 0.29) is 12.7 Å². The molecule has 2 rings (SSSR count). The number of aliphatic hydroxyl groups excluding tert-OH is 2. The van der Waals surface area contributed by atoms with Crippen molar-refractivity contribution in [2.45, 2.75) is 38.9 Å². The Balaban J connectivity index is 1.81. The van der Waals surface area contributed by atoms with Gasteiger partial charge in [-0.25, -0.2) is 0 Å². The van der Waals surface area contributed by atoms with Crippen LogP contribution in [0.15, 0.2) is 18.2 Å². The highest BCUT2D eigenvalue weighted by molar-refractivity contribution is 5.39. The molecule has 1 saturated heterocycles. The maximum atomic E-state index is 10.1. The van der Waals surface area contributed by atoms with Crippen LogP contribution in [0.5, 0.6) is 5.75 Å². The van der Waals surface area contributed by atoms with Crippen LogP contribution in [-0.2, 0) is 0 Å². The summed E-state index contributed by atoms with van der Waals surface area (Å²) in [6.07, 6.45) is 1.08. The van der Waals surface area contributed by atoms with Gasteiger partial charge in [0.1, 0.15) is 18.5 Å². The molecule has 0 bridgehead atoms. The second-order valence-corrected chi connectivity index (χ2v) is 5.74. The van der Waals surface area contributed by atoms with Gasteiger partial charge in [-0.3, -0.25) is 4.90 Å². The zero-order chi connectivity index (χ0) is 14.5. The van der Waals surface area contributed by atoms with E-state index in [1.165, 1.54) is 0 Å². The molecule has 1 aliphatic heterocycles. The van der Waals surface area contributed by atoms with Crippen LogP contribution < -0.4 is 4.74 Å². The van der Waals surface area contributed by atoms with Crippen molar-refractivity contribution in [3.05, 3.63) is 29.3 Å². The van der Waals surface area contributed by atoms with Crippen LogP contribution in [0.25, 0.3) is 0 Å². The lowest BCUT2D eigenvalue weighted by Gasteiger charge is -2.31. The molecule has 0 saturated carbocycles. The zero-order valence-electron chi connectivity index (χ0n) is 12.4. The van der Waals surface area contributed by atoms with Gasteiger partial charge in [0.2, 0.25) is 0 Å². The molecule has 1 aromatic carbocycles. The number of ether oxygens (including phenoxy) is 1. The van der Waals surface area contributed by atoms with Crippen molar-refractivity contribution in [3.8, 4) is 5.75 Å². The molecular weight excluding hydrogens is 254 g/mol. The number of para-hydroxylation sites is 1. The van der Waals surface area contributed by atoms with Crippen LogP contribution in [0, 0.1) is 13.8 Å². The molecule has 1 fully saturated rings. The zero-order valence-corrected chi connectivity index (χ0v) is 12.4. The van der Waals surface area contributed by atoms with Crippen molar-refractivity contribution in [2.75, 3.05) is 26.2 Å². The fourth-order valence-corrected chi connectivity index (χ4v) is 2.75. The van der Waals surface area contributed by atoms with E-state index in [1.807, 2.05) is 32.0 Å². The van der Waals surface area contributed by atoms with Crippen LogP contribution in [0.1, 0.15) is 24.0 Å². The van der Waals surface area contributed by atoms with Gasteiger partial charge in [0.25, 0.3) is 0 Å². The monoisotopic (exact) mass is 279 g/mol. The molecule has 2 unspecified atom stereocenters. The molecule has 20 heavy (non-hydrogen) atoms. The number of hydrogen-bond donors (Lipinski definition) is 2. The second kappa shape index (κ2) is 7.07. The summed E-state index contributed by atoms with van der Waals surface area (Å²) in [7, 11) is 0. The molecule has 0 spiro atoms. The van der Waals surface area contributed by atoms with Crippen LogP contribution >= 0.6 is 0 Å². The number of rotatable bonds is 5. The average Bonchev–Trinajstić information content (AvgIpc) is 2.38. The summed E-state index contributed by atoms with van der Waals surface area (Å²) >= 11 is 0. The highest BCUT2D eigenvalue weighted by Crippen LogP contribution is 2.22. The molecule has 4 heteroatoms. The minimum Gasteiger partial charge on any atom is -0.490 e. The topological polar surface area (TPSA) is 52.9 Å². The van der Waals surface area contributed by atoms with Gasteiger partial charge < -0.3 is 14.9 Å². The van der Waals surface area contributed by atoms with Crippen molar-refractivity contribution in [1.29, 1.82) is 0 Å². The number of β-amino-alcohol motifs (C(OH)–C–C–N with tert-alkyl or cyclic N) is 2. The Hall–Kier alpha value is -1.10. The molecule has 2 atom stereocenters. The Labute approximate surface area is 121 Å². The maximum Gasteiger partial charge on any atom is 0.125 e. The predicted octanol–water partition coefficient (Wildman–Crippen LogP) is 1.50. The first kappa shape index (κ1) is 15.3. The Morgan fingerprint density at radius 1 is 1.35 bits per heavy atom. The molecule has 1 aromatic rings. The van der Waals surface area contributed by atoms with Gasteiger partial charge in [-0.2, -0.15) is 0 Å². The lowest BCUT2D eigenvalue weighted by Crippen LogP contribution is -2.43. The van der Waals surface area contributed by atoms with Crippen molar-refractivity contribution in [2.24, 2.45) is 0 Å². The van der Waals surface area contributed by atoms with Crippen LogP contribution in [0.2, 0.25) is 0 Å². The number of aryl methyl sites for hydroxylation is 2. The van der Waals surface area contributed by atoms with E-state index in [1.54, 1.807) is 0 Å². The minimum atomic E-state index is -0.528. The van der Waals surface area contributed by atoms with E-state index in [0.29, 0.717) is 13.1 Å². The summed E-state index contributed by atoms with van der Waals surface area (Å²) in [5, 5.41) is 19.7. The third-order valence-electron chi connectivity index (χ3n) is 3.78. The first-order chi connectivity index (χ1) is 9.56. The fourth-order valence-electron chi connectivity index (χ4n) is 2.75. The number of nitrogens with zero attached hydrogens (tertiary/aromatic N) is 1. The summed E-state index contributed by atoms with van der Waals surface area (Å²) in [5.41, 5.74) is 2.18. The van der Waals surface area contributed by atoms with E-state index in [2.05, 4.69) is 4.90 Å². The average molecular weight is 279 g/mol. The largest absolute Gasteiger partial charge is 0.490 e. The van der Waals surface area contributed by atoms with Crippen LogP contribution in [0.3, 0.4) is 0 Å². The summed E-state index contributed by atoms with van der Waals surface area (Å²) in [4.78, 5) is 2.10. The molecule has 1 aliphatic rings. The summed E-state index contributed by atoms with van der Waals surface area (Å²) in [5.74, 6) is 0.866. The van der Waals surface area contributed by atoms with Crippen molar-refractivity contribution in [3.63, 3.8) is 0 Å². The summed E-state index contributed by atoms with van der Waals surface area (Å²) < 4.78 is 5.76. The Morgan fingerprint density at radius 3 is 2.70 bits per heavy atom. The molecule has 2 N–H and O–H groups in total. The molecule has 0 amide bonds. The number of hydrogen-bond acceptors (Lipinski definition) is 4. The van der Waals surface area contributed by atoms with Crippen LogP contribution in [-0.4, -0.2) is 53.6 Å². The molecule has 0 radical (unpaired) electrons. The molecule has 0 aromatic heterocycles. The van der Waals surface area contributed by atoms with Gasteiger partial charge >= 0.3 is 0 Å². The Kier molecular flexibility index (Phi) is 5.40. The quantitative estimate of drug-likeness (QED) is 0.857. The summed E-state index contributed by atoms with van der Waals surface area (Å²) in [6, 6.07) is 6.02. The molecule has 4 nitrogen and oxygen atoms in total. The third-order valence-corrected chi connectivity index (χ3v) is 3.78. The number of piperidine rings is 1.